The molecule has 2 rings (SSSR count). The average molecular weight is 241 g/mol. The maximum Gasteiger partial charge on any atom is 0.0896 e. The fourth-order valence-corrected chi connectivity index (χ4v) is 2.79. The molecule has 1 aliphatic heterocycles. The Labute approximate surface area is 100 Å². The van der Waals surface area contributed by atoms with E-state index in [9.17, 15) is 5.11 Å². The van der Waals surface area contributed by atoms with E-state index < -0.39 is 0 Å². The first-order valence-corrected chi connectivity index (χ1v) is 6.69. The lowest BCUT2D eigenvalue weighted by Gasteiger charge is -2.20. The van der Waals surface area contributed by atoms with E-state index >= 15 is 0 Å². The molecule has 0 spiro atoms. The van der Waals surface area contributed by atoms with Crippen molar-refractivity contribution in [3.05, 3.63) is 22.4 Å². The third-order valence-corrected chi connectivity index (χ3v) is 3.87. The maximum atomic E-state index is 9.99. The highest BCUT2D eigenvalue weighted by molar-refractivity contribution is 7.10. The van der Waals surface area contributed by atoms with Crippen LogP contribution in [-0.4, -0.2) is 30.4 Å². The number of ether oxygens (including phenoxy) is 1. The Bertz CT molecular complexity index is 296. The van der Waals surface area contributed by atoms with Crippen LogP contribution in [0.1, 0.15) is 30.7 Å². The van der Waals surface area contributed by atoms with Gasteiger partial charge in [-0.1, -0.05) is 6.07 Å². The first-order valence-electron chi connectivity index (χ1n) is 5.81. The van der Waals surface area contributed by atoms with Crippen molar-refractivity contribution >= 4 is 11.3 Å². The second kappa shape index (κ2) is 5.77. The van der Waals surface area contributed by atoms with Gasteiger partial charge in [-0.05, 0) is 31.2 Å². The van der Waals surface area contributed by atoms with Gasteiger partial charge in [0.15, 0.2) is 0 Å². The summed E-state index contributed by atoms with van der Waals surface area (Å²) in [5.74, 6) is 0. The van der Waals surface area contributed by atoms with E-state index in [2.05, 4.69) is 12.2 Å². The van der Waals surface area contributed by atoms with Crippen LogP contribution >= 0.6 is 11.3 Å². The number of hydrogen-bond acceptors (Lipinski definition) is 4. The van der Waals surface area contributed by atoms with Gasteiger partial charge < -0.3 is 15.2 Å². The topological polar surface area (TPSA) is 41.5 Å². The molecule has 4 heteroatoms. The number of nitrogens with one attached hydrogen (secondary N) is 1. The van der Waals surface area contributed by atoms with E-state index in [1.54, 1.807) is 11.3 Å². The molecular weight excluding hydrogens is 222 g/mol. The van der Waals surface area contributed by atoms with E-state index in [4.69, 9.17) is 4.74 Å². The van der Waals surface area contributed by atoms with Crippen LogP contribution in [0.25, 0.3) is 0 Å². The van der Waals surface area contributed by atoms with Gasteiger partial charge in [-0.25, -0.2) is 0 Å². The third-order valence-electron chi connectivity index (χ3n) is 2.90. The van der Waals surface area contributed by atoms with Gasteiger partial charge in [-0.3, -0.25) is 0 Å². The van der Waals surface area contributed by atoms with Gasteiger partial charge in [0.25, 0.3) is 0 Å². The second-order valence-electron chi connectivity index (χ2n) is 4.40. The Balaban J connectivity index is 1.75. The van der Waals surface area contributed by atoms with Gasteiger partial charge in [0.2, 0.25) is 0 Å². The van der Waals surface area contributed by atoms with Crippen LogP contribution in [0.3, 0.4) is 0 Å². The molecule has 2 heterocycles. The predicted octanol–water partition coefficient (Wildman–Crippen LogP) is 1.94. The molecule has 1 aromatic heterocycles. The quantitative estimate of drug-likeness (QED) is 0.828. The molecule has 0 amide bonds. The van der Waals surface area contributed by atoms with Crippen molar-refractivity contribution in [1.82, 2.24) is 5.32 Å². The molecule has 3 unspecified atom stereocenters. The van der Waals surface area contributed by atoms with Gasteiger partial charge >= 0.3 is 0 Å². The van der Waals surface area contributed by atoms with Crippen LogP contribution in [0.5, 0.6) is 0 Å². The smallest absolute Gasteiger partial charge is 0.0896 e. The lowest BCUT2D eigenvalue weighted by atomic mass is 10.1. The summed E-state index contributed by atoms with van der Waals surface area (Å²) in [6.45, 7) is 3.78. The summed E-state index contributed by atoms with van der Waals surface area (Å²) >= 11 is 1.61. The summed E-state index contributed by atoms with van der Waals surface area (Å²) in [6, 6.07) is 4.75. The van der Waals surface area contributed by atoms with Crippen molar-refractivity contribution in [2.45, 2.75) is 38.0 Å². The Kier molecular flexibility index (Phi) is 4.35. The van der Waals surface area contributed by atoms with Crippen LogP contribution in [0.2, 0.25) is 0 Å². The van der Waals surface area contributed by atoms with Crippen molar-refractivity contribution in [2.75, 3.05) is 13.2 Å². The van der Waals surface area contributed by atoms with E-state index in [1.165, 1.54) is 0 Å². The number of hydrogen-bond donors (Lipinski definition) is 2. The molecule has 0 bridgehead atoms. The summed E-state index contributed by atoms with van der Waals surface area (Å²) in [5.41, 5.74) is 0. The zero-order chi connectivity index (χ0) is 11.4. The van der Waals surface area contributed by atoms with Crippen LogP contribution < -0.4 is 5.32 Å². The molecule has 2 N–H and O–H groups in total. The summed E-state index contributed by atoms with van der Waals surface area (Å²) < 4.78 is 5.31. The van der Waals surface area contributed by atoms with Crippen LogP contribution in [0.15, 0.2) is 17.5 Å². The highest BCUT2D eigenvalue weighted by Crippen LogP contribution is 2.23. The SMILES string of the molecule is CC(CC(O)c1cccs1)NC1CCOC1. The summed E-state index contributed by atoms with van der Waals surface area (Å²) in [5, 5.41) is 15.5. The monoisotopic (exact) mass is 241 g/mol. The van der Waals surface area contributed by atoms with E-state index in [0.29, 0.717) is 12.1 Å². The zero-order valence-electron chi connectivity index (χ0n) is 9.56. The molecule has 0 aromatic carbocycles. The number of aliphatic hydroxyl groups is 1. The molecule has 0 radical (unpaired) electrons. The molecule has 1 fully saturated rings. The molecule has 0 aliphatic carbocycles. The van der Waals surface area contributed by atoms with E-state index in [0.717, 1.165) is 30.9 Å². The highest BCUT2D eigenvalue weighted by Gasteiger charge is 2.19. The zero-order valence-corrected chi connectivity index (χ0v) is 10.4. The molecular formula is C12H19NO2S. The van der Waals surface area contributed by atoms with Crippen molar-refractivity contribution in [2.24, 2.45) is 0 Å². The summed E-state index contributed by atoms with van der Waals surface area (Å²) in [4.78, 5) is 1.05. The van der Waals surface area contributed by atoms with Crippen molar-refractivity contribution in [3.8, 4) is 0 Å². The molecule has 90 valence electrons. The standard InChI is InChI=1S/C12H19NO2S/c1-9(13-10-4-5-15-8-10)7-11(14)12-3-2-6-16-12/h2-3,6,9-11,13-14H,4-5,7-8H2,1H3. The largest absolute Gasteiger partial charge is 0.388 e. The van der Waals surface area contributed by atoms with E-state index in [-0.39, 0.29) is 6.10 Å². The summed E-state index contributed by atoms with van der Waals surface area (Å²) in [7, 11) is 0. The molecule has 1 saturated heterocycles. The molecule has 1 aliphatic rings. The van der Waals surface area contributed by atoms with E-state index in [1.807, 2.05) is 17.5 Å². The van der Waals surface area contributed by atoms with Crippen LogP contribution in [-0.2, 0) is 4.74 Å². The normalized spacial score (nSPS) is 24.5. The fraction of sp³-hybridized carbons (Fsp3) is 0.667. The Morgan fingerprint density at radius 2 is 2.56 bits per heavy atom. The highest BCUT2D eigenvalue weighted by atomic mass is 32.1. The van der Waals surface area contributed by atoms with Crippen LogP contribution in [0, 0.1) is 0 Å². The van der Waals surface area contributed by atoms with Gasteiger partial charge in [0.05, 0.1) is 12.7 Å². The second-order valence-corrected chi connectivity index (χ2v) is 5.37. The molecule has 3 atom stereocenters. The van der Waals surface area contributed by atoms with Crippen LogP contribution in [0.4, 0.5) is 0 Å². The molecule has 3 nitrogen and oxygen atoms in total. The minimum Gasteiger partial charge on any atom is -0.388 e. The predicted molar refractivity (Wildman–Crippen MR) is 65.7 cm³/mol. The molecule has 0 saturated carbocycles. The van der Waals surface area contributed by atoms with Gasteiger partial charge in [0.1, 0.15) is 0 Å². The minimum absolute atomic E-state index is 0.323. The van der Waals surface area contributed by atoms with Gasteiger partial charge in [-0.15, -0.1) is 11.3 Å². The van der Waals surface area contributed by atoms with Gasteiger partial charge in [-0.2, -0.15) is 0 Å². The minimum atomic E-state index is -0.343. The lowest BCUT2D eigenvalue weighted by Crippen LogP contribution is -2.37. The first kappa shape index (κ1) is 12.0. The van der Waals surface area contributed by atoms with Crippen molar-refractivity contribution in [3.63, 3.8) is 0 Å². The number of aliphatic hydroxyl groups excluding tert-OH is 1. The summed E-state index contributed by atoms with van der Waals surface area (Å²) in [6.07, 6.45) is 1.50. The number of rotatable bonds is 5. The Morgan fingerprint density at radius 1 is 1.69 bits per heavy atom. The molecule has 1 aromatic rings. The average Bonchev–Trinajstić information content (AvgIpc) is 2.88. The molecule has 16 heavy (non-hydrogen) atoms. The Morgan fingerprint density at radius 3 is 3.19 bits per heavy atom. The van der Waals surface area contributed by atoms with Crippen molar-refractivity contribution < 1.29 is 9.84 Å². The maximum absolute atomic E-state index is 9.99. The Hall–Kier alpha value is -0.420. The fourth-order valence-electron chi connectivity index (χ4n) is 2.07. The lowest BCUT2D eigenvalue weighted by molar-refractivity contribution is 0.151. The van der Waals surface area contributed by atoms with Crippen molar-refractivity contribution in [1.29, 1.82) is 0 Å². The third kappa shape index (κ3) is 3.28. The first-order chi connectivity index (χ1) is 7.75. The number of thiophene rings is 1. The van der Waals surface area contributed by atoms with Gasteiger partial charge in [0, 0.05) is 23.6 Å².